The normalized spacial score (nSPS) is 15.6. The summed E-state index contributed by atoms with van der Waals surface area (Å²) in [5, 5.41) is 4.98. The highest BCUT2D eigenvalue weighted by Gasteiger charge is 2.27. The van der Waals surface area contributed by atoms with Crippen LogP contribution in [0.3, 0.4) is 0 Å². The number of amides is 2. The molecule has 0 aliphatic carbocycles. The Morgan fingerprint density at radius 2 is 1.75 bits per heavy atom. The molecule has 0 aromatic heterocycles. The van der Waals surface area contributed by atoms with Gasteiger partial charge in [0, 0.05) is 19.6 Å². The third-order valence-corrected chi connectivity index (χ3v) is 6.16. The molecule has 1 aliphatic heterocycles. The van der Waals surface area contributed by atoms with Crippen LogP contribution in [0.2, 0.25) is 0 Å². The zero-order valence-corrected chi connectivity index (χ0v) is 16.8. The van der Waals surface area contributed by atoms with Crippen molar-refractivity contribution in [1.29, 1.82) is 0 Å². The molecule has 1 aliphatic rings. The van der Waals surface area contributed by atoms with E-state index in [9.17, 15) is 22.8 Å². The molecule has 28 heavy (non-hydrogen) atoms. The number of hydrogen-bond acceptors (Lipinski definition) is 6. The Labute approximate surface area is 164 Å². The number of hydrogen-bond donors (Lipinski definition) is 2. The molecule has 2 N–H and O–H groups in total. The van der Waals surface area contributed by atoms with Crippen molar-refractivity contribution in [2.75, 3.05) is 26.2 Å². The third-order valence-electron chi connectivity index (χ3n) is 4.25. The number of likely N-dealkylation sites (N-methyl/N-ethyl adjacent to an activating group) is 1. The molecule has 0 radical (unpaired) electrons. The van der Waals surface area contributed by atoms with E-state index in [-0.39, 0.29) is 16.4 Å². The fraction of sp³-hybridized carbons (Fsp3) is 0.500. The molecule has 1 saturated heterocycles. The Morgan fingerprint density at radius 3 is 2.32 bits per heavy atom. The molecule has 0 spiro atoms. The van der Waals surface area contributed by atoms with Crippen LogP contribution < -0.4 is 10.6 Å². The lowest BCUT2D eigenvalue weighted by molar-refractivity contribution is -0.130. The number of carbonyl (C=O) groups is 3. The van der Waals surface area contributed by atoms with Gasteiger partial charge in [0.15, 0.2) is 6.61 Å². The Balaban J connectivity index is 1.89. The second-order valence-corrected chi connectivity index (χ2v) is 8.33. The number of nitrogens with one attached hydrogen (secondary N) is 2. The van der Waals surface area contributed by atoms with Crippen molar-refractivity contribution in [1.82, 2.24) is 14.9 Å². The average molecular weight is 411 g/mol. The van der Waals surface area contributed by atoms with Gasteiger partial charge in [-0.3, -0.25) is 9.59 Å². The lowest BCUT2D eigenvalue weighted by atomic mass is 10.2. The van der Waals surface area contributed by atoms with Gasteiger partial charge in [0.1, 0.15) is 6.04 Å². The molecule has 2 amide bonds. The first kappa shape index (κ1) is 21.8. The number of benzene rings is 1. The van der Waals surface area contributed by atoms with Gasteiger partial charge in [-0.15, -0.1) is 0 Å². The van der Waals surface area contributed by atoms with Gasteiger partial charge in [-0.2, -0.15) is 4.31 Å². The predicted molar refractivity (Wildman–Crippen MR) is 101 cm³/mol. The zero-order chi connectivity index (χ0) is 20.7. The molecule has 1 aromatic carbocycles. The zero-order valence-electron chi connectivity index (χ0n) is 15.9. The molecule has 10 heteroatoms. The first-order chi connectivity index (χ1) is 13.3. The standard InChI is InChI=1S/C18H25N3O6S/c1-3-19-17(23)13(2)20-16(22)12-27-18(24)14-6-8-15(9-7-14)28(25,26)21-10-4-5-11-21/h6-9,13H,3-5,10-12H2,1-2H3,(H,19,23)(H,20,22)/t13-/m0/s1. The maximum Gasteiger partial charge on any atom is 0.338 e. The van der Waals surface area contributed by atoms with E-state index in [1.54, 1.807) is 6.92 Å². The molecular formula is C18H25N3O6S. The Morgan fingerprint density at radius 1 is 1.14 bits per heavy atom. The van der Waals surface area contributed by atoms with Gasteiger partial charge in [-0.25, -0.2) is 13.2 Å². The maximum atomic E-state index is 12.5. The fourth-order valence-electron chi connectivity index (χ4n) is 2.73. The number of nitrogens with zero attached hydrogens (tertiary/aromatic N) is 1. The minimum Gasteiger partial charge on any atom is -0.452 e. The summed E-state index contributed by atoms with van der Waals surface area (Å²) in [6.07, 6.45) is 1.68. The Hall–Kier alpha value is -2.46. The van der Waals surface area contributed by atoms with Crippen LogP contribution in [0.1, 0.15) is 37.0 Å². The van der Waals surface area contributed by atoms with E-state index >= 15 is 0 Å². The molecule has 2 rings (SSSR count). The van der Waals surface area contributed by atoms with E-state index < -0.39 is 34.5 Å². The lowest BCUT2D eigenvalue weighted by Crippen LogP contribution is -2.46. The monoisotopic (exact) mass is 411 g/mol. The van der Waals surface area contributed by atoms with E-state index in [0.717, 1.165) is 12.8 Å². The molecule has 0 unspecified atom stereocenters. The summed E-state index contributed by atoms with van der Waals surface area (Å²) in [5.41, 5.74) is 0.130. The van der Waals surface area contributed by atoms with Crippen molar-refractivity contribution in [2.24, 2.45) is 0 Å². The van der Waals surface area contributed by atoms with Crippen molar-refractivity contribution < 1.29 is 27.5 Å². The second kappa shape index (κ2) is 9.65. The van der Waals surface area contributed by atoms with Crippen LogP contribution in [0, 0.1) is 0 Å². The molecule has 0 bridgehead atoms. The lowest BCUT2D eigenvalue weighted by Gasteiger charge is -2.15. The van der Waals surface area contributed by atoms with Gasteiger partial charge in [-0.05, 0) is 51.0 Å². The summed E-state index contributed by atoms with van der Waals surface area (Å²) in [7, 11) is -3.55. The summed E-state index contributed by atoms with van der Waals surface area (Å²) in [5.74, 6) is -1.71. The van der Waals surface area contributed by atoms with Crippen molar-refractivity contribution in [3.8, 4) is 0 Å². The van der Waals surface area contributed by atoms with Gasteiger partial charge in [-0.1, -0.05) is 0 Å². The average Bonchev–Trinajstić information content (AvgIpc) is 3.22. The highest BCUT2D eigenvalue weighted by Crippen LogP contribution is 2.21. The smallest absolute Gasteiger partial charge is 0.338 e. The summed E-state index contributed by atoms with van der Waals surface area (Å²) >= 11 is 0. The van der Waals surface area contributed by atoms with Crippen molar-refractivity contribution in [3.63, 3.8) is 0 Å². The number of sulfonamides is 1. The van der Waals surface area contributed by atoms with E-state index in [1.165, 1.54) is 35.5 Å². The van der Waals surface area contributed by atoms with Crippen LogP contribution >= 0.6 is 0 Å². The molecule has 9 nitrogen and oxygen atoms in total. The van der Waals surface area contributed by atoms with Crippen molar-refractivity contribution in [3.05, 3.63) is 29.8 Å². The Kier molecular flexibility index (Phi) is 7.53. The summed E-state index contributed by atoms with van der Waals surface area (Å²) < 4.78 is 31.2. The first-order valence-corrected chi connectivity index (χ1v) is 10.5. The van der Waals surface area contributed by atoms with Crippen LogP contribution in [-0.2, 0) is 24.3 Å². The number of rotatable bonds is 8. The van der Waals surface area contributed by atoms with Crippen LogP contribution in [0.25, 0.3) is 0 Å². The number of esters is 1. The fourth-order valence-corrected chi connectivity index (χ4v) is 4.25. The SMILES string of the molecule is CCNC(=O)[C@H](C)NC(=O)COC(=O)c1ccc(S(=O)(=O)N2CCCC2)cc1. The molecular weight excluding hydrogens is 386 g/mol. The molecule has 154 valence electrons. The highest BCUT2D eigenvalue weighted by atomic mass is 32.2. The van der Waals surface area contributed by atoms with E-state index in [1.807, 2.05) is 0 Å². The second-order valence-electron chi connectivity index (χ2n) is 6.40. The number of ether oxygens (including phenoxy) is 1. The van der Waals surface area contributed by atoms with Crippen LogP contribution in [0.15, 0.2) is 29.2 Å². The van der Waals surface area contributed by atoms with Gasteiger partial charge >= 0.3 is 5.97 Å². The first-order valence-electron chi connectivity index (χ1n) is 9.10. The Bertz CT molecular complexity index is 816. The number of carbonyl (C=O) groups excluding carboxylic acids is 3. The van der Waals surface area contributed by atoms with E-state index in [4.69, 9.17) is 4.74 Å². The molecule has 0 saturated carbocycles. The topological polar surface area (TPSA) is 122 Å². The van der Waals surface area contributed by atoms with Gasteiger partial charge in [0.25, 0.3) is 5.91 Å². The minimum absolute atomic E-state index is 0.111. The third kappa shape index (κ3) is 5.52. The van der Waals surface area contributed by atoms with Crippen LogP contribution in [0.5, 0.6) is 0 Å². The summed E-state index contributed by atoms with van der Waals surface area (Å²) in [6, 6.07) is 4.64. The summed E-state index contributed by atoms with van der Waals surface area (Å²) in [6.45, 7) is 4.17. The van der Waals surface area contributed by atoms with E-state index in [0.29, 0.717) is 19.6 Å². The van der Waals surface area contributed by atoms with Crippen LogP contribution in [-0.4, -0.2) is 62.8 Å². The van der Waals surface area contributed by atoms with E-state index in [2.05, 4.69) is 10.6 Å². The molecule has 1 heterocycles. The highest BCUT2D eigenvalue weighted by molar-refractivity contribution is 7.89. The van der Waals surface area contributed by atoms with Gasteiger partial charge in [0.2, 0.25) is 15.9 Å². The van der Waals surface area contributed by atoms with Crippen molar-refractivity contribution >= 4 is 27.8 Å². The quantitative estimate of drug-likeness (QED) is 0.592. The minimum atomic E-state index is -3.55. The van der Waals surface area contributed by atoms with Gasteiger partial charge < -0.3 is 15.4 Å². The molecule has 1 fully saturated rings. The molecule has 1 atom stereocenters. The largest absolute Gasteiger partial charge is 0.452 e. The predicted octanol–water partition coefficient (Wildman–Crippen LogP) is 0.269. The van der Waals surface area contributed by atoms with Gasteiger partial charge in [0.05, 0.1) is 10.5 Å². The maximum absolute atomic E-state index is 12.5. The van der Waals surface area contributed by atoms with Crippen molar-refractivity contribution in [2.45, 2.75) is 37.6 Å². The summed E-state index contributed by atoms with van der Waals surface area (Å²) in [4.78, 5) is 35.5. The van der Waals surface area contributed by atoms with Crippen LogP contribution in [0.4, 0.5) is 0 Å². The molecule has 1 aromatic rings.